The molecule has 1 unspecified atom stereocenters. The van der Waals surface area contributed by atoms with Gasteiger partial charge >= 0.3 is 0 Å². The fraction of sp³-hybridized carbons (Fsp3) is 0.529. The van der Waals surface area contributed by atoms with Crippen LogP contribution in [0.2, 0.25) is 0 Å². The number of aromatic amines is 1. The normalized spacial score (nSPS) is 22.8. The van der Waals surface area contributed by atoms with Crippen LogP contribution in [0.15, 0.2) is 30.5 Å². The smallest absolute Gasteiger partial charge is 0.123 e. The van der Waals surface area contributed by atoms with Crippen LogP contribution in [0.3, 0.4) is 0 Å². The fourth-order valence-electron chi connectivity index (χ4n) is 3.37. The van der Waals surface area contributed by atoms with E-state index in [-0.39, 0.29) is 0 Å². The number of benzene rings is 1. The lowest BCUT2D eigenvalue weighted by atomic mass is 9.89. The number of piperidine rings is 1. The molecule has 118 valence electrons. The first kappa shape index (κ1) is 15.2. The molecular weight excluding hydrogens is 276 g/mol. The van der Waals surface area contributed by atoms with E-state index in [1.165, 1.54) is 11.1 Å². The first-order valence-electron chi connectivity index (χ1n) is 8.09. The van der Waals surface area contributed by atoms with E-state index in [1.54, 1.807) is 6.20 Å². The fourth-order valence-corrected chi connectivity index (χ4v) is 3.37. The Kier molecular flexibility index (Phi) is 4.55. The molecular formula is C17H24N4O. The molecule has 0 saturated carbocycles. The Morgan fingerprint density at radius 3 is 2.86 bits per heavy atom. The van der Waals surface area contributed by atoms with E-state index >= 15 is 0 Å². The molecule has 0 amide bonds. The molecule has 0 spiro atoms. The summed E-state index contributed by atoms with van der Waals surface area (Å²) in [6, 6.07) is 8.63. The van der Waals surface area contributed by atoms with Crippen molar-refractivity contribution in [3.63, 3.8) is 0 Å². The first-order valence-corrected chi connectivity index (χ1v) is 8.09. The summed E-state index contributed by atoms with van der Waals surface area (Å²) < 4.78 is 0. The van der Waals surface area contributed by atoms with Gasteiger partial charge in [0, 0.05) is 13.1 Å². The van der Waals surface area contributed by atoms with E-state index in [2.05, 4.69) is 51.5 Å². The van der Waals surface area contributed by atoms with Gasteiger partial charge in [-0.25, -0.2) is 0 Å². The van der Waals surface area contributed by atoms with Gasteiger partial charge in [-0.3, -0.25) is 4.90 Å². The molecule has 1 fully saturated rings. The highest BCUT2D eigenvalue weighted by atomic mass is 16.3. The molecule has 3 rings (SSSR count). The standard InChI is InChI=1S/C17H24N4O/c1-2-14-6-3-4-7-15(14)8-11-21-10-5-9-17(22,13-21)16-12-18-20-19-16/h3-4,6-7,12,22H,2,5,8-11,13H2,1H3,(H,18,19,20). The van der Waals surface area contributed by atoms with Crippen LogP contribution >= 0.6 is 0 Å². The van der Waals surface area contributed by atoms with E-state index in [4.69, 9.17) is 0 Å². The van der Waals surface area contributed by atoms with Crippen LogP contribution in [-0.2, 0) is 18.4 Å². The maximum atomic E-state index is 10.8. The largest absolute Gasteiger partial charge is 0.382 e. The number of aromatic nitrogens is 3. The van der Waals surface area contributed by atoms with Crippen molar-refractivity contribution in [2.24, 2.45) is 0 Å². The quantitative estimate of drug-likeness (QED) is 0.885. The van der Waals surface area contributed by atoms with Gasteiger partial charge < -0.3 is 5.11 Å². The molecule has 1 aliphatic heterocycles. The highest BCUT2D eigenvalue weighted by Crippen LogP contribution is 2.29. The number of rotatable bonds is 5. The summed E-state index contributed by atoms with van der Waals surface area (Å²) in [5.74, 6) is 0. The molecule has 0 bridgehead atoms. The van der Waals surface area contributed by atoms with Gasteiger partial charge in [0.1, 0.15) is 11.3 Å². The number of nitrogens with zero attached hydrogens (tertiary/aromatic N) is 3. The molecule has 1 atom stereocenters. The topological polar surface area (TPSA) is 65.0 Å². The Balaban J connectivity index is 1.63. The number of hydrogen-bond donors (Lipinski definition) is 2. The Morgan fingerprint density at radius 1 is 1.32 bits per heavy atom. The average Bonchev–Trinajstić information content (AvgIpc) is 3.09. The van der Waals surface area contributed by atoms with Gasteiger partial charge in [-0.2, -0.15) is 15.4 Å². The molecule has 5 heteroatoms. The van der Waals surface area contributed by atoms with Crippen molar-refractivity contribution in [3.05, 3.63) is 47.3 Å². The third-order valence-corrected chi connectivity index (χ3v) is 4.64. The van der Waals surface area contributed by atoms with Crippen LogP contribution in [0.4, 0.5) is 0 Å². The molecule has 2 N–H and O–H groups in total. The molecule has 0 aliphatic carbocycles. The Morgan fingerprint density at radius 2 is 2.14 bits per heavy atom. The summed E-state index contributed by atoms with van der Waals surface area (Å²) in [6.07, 6.45) is 5.47. The second-order valence-corrected chi connectivity index (χ2v) is 6.14. The molecule has 5 nitrogen and oxygen atoms in total. The molecule has 22 heavy (non-hydrogen) atoms. The number of nitrogens with one attached hydrogen (secondary N) is 1. The van der Waals surface area contributed by atoms with Crippen molar-refractivity contribution in [2.75, 3.05) is 19.6 Å². The molecule has 1 aliphatic rings. The van der Waals surface area contributed by atoms with Gasteiger partial charge in [0.05, 0.1) is 6.20 Å². The lowest BCUT2D eigenvalue weighted by molar-refractivity contribution is -0.0385. The van der Waals surface area contributed by atoms with E-state index < -0.39 is 5.60 Å². The number of aryl methyl sites for hydroxylation is 1. The van der Waals surface area contributed by atoms with Crippen LogP contribution in [0.1, 0.15) is 36.6 Å². The maximum Gasteiger partial charge on any atom is 0.123 e. The summed E-state index contributed by atoms with van der Waals surface area (Å²) in [7, 11) is 0. The third kappa shape index (κ3) is 3.20. The van der Waals surface area contributed by atoms with Gasteiger partial charge in [0.2, 0.25) is 0 Å². The number of aliphatic hydroxyl groups is 1. The monoisotopic (exact) mass is 300 g/mol. The number of likely N-dealkylation sites (tertiary alicyclic amines) is 1. The second kappa shape index (κ2) is 6.58. The highest BCUT2D eigenvalue weighted by molar-refractivity contribution is 5.27. The van der Waals surface area contributed by atoms with E-state index in [0.29, 0.717) is 12.2 Å². The zero-order valence-electron chi connectivity index (χ0n) is 13.1. The third-order valence-electron chi connectivity index (χ3n) is 4.64. The van der Waals surface area contributed by atoms with Crippen LogP contribution in [0, 0.1) is 0 Å². The summed E-state index contributed by atoms with van der Waals surface area (Å²) in [4.78, 5) is 2.34. The SMILES string of the molecule is CCc1ccccc1CCN1CCCC(O)(c2cn[nH]n2)C1. The maximum absolute atomic E-state index is 10.8. The lowest BCUT2D eigenvalue weighted by Crippen LogP contribution is -2.47. The van der Waals surface area contributed by atoms with E-state index in [0.717, 1.165) is 38.8 Å². The highest BCUT2D eigenvalue weighted by Gasteiger charge is 2.36. The average molecular weight is 300 g/mol. The molecule has 1 aromatic carbocycles. The molecule has 0 radical (unpaired) electrons. The van der Waals surface area contributed by atoms with Crippen molar-refractivity contribution in [1.29, 1.82) is 0 Å². The van der Waals surface area contributed by atoms with Crippen molar-refractivity contribution in [1.82, 2.24) is 20.3 Å². The van der Waals surface area contributed by atoms with Crippen molar-refractivity contribution < 1.29 is 5.11 Å². The molecule has 2 heterocycles. The van der Waals surface area contributed by atoms with Crippen LogP contribution in [0.25, 0.3) is 0 Å². The van der Waals surface area contributed by atoms with Gasteiger partial charge in [0.15, 0.2) is 0 Å². The minimum Gasteiger partial charge on any atom is -0.382 e. The van der Waals surface area contributed by atoms with Crippen molar-refractivity contribution >= 4 is 0 Å². The van der Waals surface area contributed by atoms with E-state index in [1.807, 2.05) is 0 Å². The van der Waals surface area contributed by atoms with Gasteiger partial charge in [-0.05, 0) is 43.4 Å². The number of H-pyrrole nitrogens is 1. The minimum absolute atomic E-state index is 0.633. The number of β-amino-alcohol motifs (C(OH)–C–C–N with tert-alkyl or cyclic N) is 1. The predicted molar refractivity (Wildman–Crippen MR) is 85.5 cm³/mol. The zero-order chi connectivity index (χ0) is 15.4. The number of hydrogen-bond acceptors (Lipinski definition) is 4. The molecule has 1 saturated heterocycles. The zero-order valence-corrected chi connectivity index (χ0v) is 13.1. The Labute approximate surface area is 131 Å². The summed E-state index contributed by atoms with van der Waals surface area (Å²) in [5, 5.41) is 21.3. The van der Waals surface area contributed by atoms with Gasteiger partial charge in [-0.1, -0.05) is 31.2 Å². The van der Waals surface area contributed by atoms with E-state index in [9.17, 15) is 5.11 Å². The minimum atomic E-state index is -0.866. The summed E-state index contributed by atoms with van der Waals surface area (Å²) in [6.45, 7) is 4.84. The van der Waals surface area contributed by atoms with Gasteiger partial charge in [0.25, 0.3) is 0 Å². The Bertz CT molecular complexity index is 598. The molecule has 2 aromatic rings. The van der Waals surface area contributed by atoms with Gasteiger partial charge in [-0.15, -0.1) is 0 Å². The van der Waals surface area contributed by atoms with Crippen LogP contribution < -0.4 is 0 Å². The van der Waals surface area contributed by atoms with Crippen LogP contribution in [0.5, 0.6) is 0 Å². The summed E-state index contributed by atoms with van der Waals surface area (Å²) >= 11 is 0. The molecule has 1 aromatic heterocycles. The van der Waals surface area contributed by atoms with Crippen LogP contribution in [-0.4, -0.2) is 45.1 Å². The Hall–Kier alpha value is -1.72. The summed E-state index contributed by atoms with van der Waals surface area (Å²) in [5.41, 5.74) is 2.63. The van der Waals surface area contributed by atoms with Crippen molar-refractivity contribution in [3.8, 4) is 0 Å². The van der Waals surface area contributed by atoms with Crippen molar-refractivity contribution in [2.45, 2.75) is 38.2 Å². The predicted octanol–water partition coefficient (Wildman–Crippen LogP) is 1.89. The second-order valence-electron chi connectivity index (χ2n) is 6.14. The lowest BCUT2D eigenvalue weighted by Gasteiger charge is -2.38. The first-order chi connectivity index (χ1) is 10.7.